The summed E-state index contributed by atoms with van der Waals surface area (Å²) in [6, 6.07) is 15.9. The third-order valence-electron chi connectivity index (χ3n) is 4.40. The van der Waals surface area contributed by atoms with Gasteiger partial charge in [-0.05, 0) is 24.0 Å². The van der Waals surface area contributed by atoms with Crippen molar-refractivity contribution in [2.24, 2.45) is 0 Å². The van der Waals surface area contributed by atoms with E-state index in [9.17, 15) is 4.79 Å². The first-order chi connectivity index (χ1) is 10.8. The summed E-state index contributed by atoms with van der Waals surface area (Å²) in [4.78, 5) is 16.9. The molecule has 3 heteroatoms. The maximum Gasteiger partial charge on any atom is 0.193 e. The van der Waals surface area contributed by atoms with E-state index in [0.29, 0.717) is 6.04 Å². The highest BCUT2D eigenvalue weighted by molar-refractivity contribution is 6.10. The van der Waals surface area contributed by atoms with Gasteiger partial charge in [0.15, 0.2) is 5.78 Å². The van der Waals surface area contributed by atoms with Crippen LogP contribution in [-0.4, -0.2) is 15.3 Å². The Hall–Kier alpha value is -2.68. The van der Waals surface area contributed by atoms with Crippen LogP contribution < -0.4 is 0 Å². The van der Waals surface area contributed by atoms with Crippen LogP contribution in [-0.2, 0) is 6.42 Å². The van der Waals surface area contributed by atoms with E-state index in [1.165, 1.54) is 11.1 Å². The minimum atomic E-state index is 0.115. The summed E-state index contributed by atoms with van der Waals surface area (Å²) in [5, 5.41) is 0. The molecule has 3 aromatic rings. The Kier molecular flexibility index (Phi) is 3.11. The van der Waals surface area contributed by atoms with Crippen LogP contribution >= 0.6 is 0 Å². The van der Waals surface area contributed by atoms with Gasteiger partial charge in [-0.3, -0.25) is 4.79 Å². The molecule has 0 aliphatic heterocycles. The first-order valence-electron chi connectivity index (χ1n) is 7.53. The van der Waals surface area contributed by atoms with E-state index in [0.717, 1.165) is 24.0 Å². The fourth-order valence-corrected chi connectivity index (χ4v) is 3.35. The zero-order chi connectivity index (χ0) is 14.9. The number of hydrogen-bond donors (Lipinski definition) is 0. The molecular weight excluding hydrogens is 272 g/mol. The molecule has 4 rings (SSSR count). The topological polar surface area (TPSA) is 34.9 Å². The van der Waals surface area contributed by atoms with Crippen molar-refractivity contribution in [3.8, 4) is 0 Å². The summed E-state index contributed by atoms with van der Waals surface area (Å²) in [5.41, 5.74) is 4.03. The van der Waals surface area contributed by atoms with Gasteiger partial charge in [-0.2, -0.15) is 0 Å². The van der Waals surface area contributed by atoms with E-state index in [4.69, 9.17) is 0 Å². The van der Waals surface area contributed by atoms with Crippen LogP contribution in [0.5, 0.6) is 0 Å². The average molecular weight is 288 g/mol. The van der Waals surface area contributed by atoms with E-state index >= 15 is 0 Å². The Morgan fingerprint density at radius 2 is 1.95 bits per heavy atom. The second-order valence-electron chi connectivity index (χ2n) is 5.63. The number of carbonyl (C=O) groups is 1. The normalized spacial score (nSPS) is 16.5. The molecule has 3 nitrogen and oxygen atoms in total. The predicted molar refractivity (Wildman–Crippen MR) is 85.0 cm³/mol. The zero-order valence-corrected chi connectivity index (χ0v) is 12.1. The number of carbonyl (C=O) groups excluding carboxylic acids is 1. The van der Waals surface area contributed by atoms with Crippen molar-refractivity contribution in [1.29, 1.82) is 0 Å². The number of aromatic nitrogens is 2. The fraction of sp³-hybridized carbons (Fsp3) is 0.158. The number of imidazole rings is 1. The van der Waals surface area contributed by atoms with Crippen LogP contribution in [0.25, 0.3) is 0 Å². The molecule has 0 N–H and O–H groups in total. The monoisotopic (exact) mass is 288 g/mol. The van der Waals surface area contributed by atoms with Crippen LogP contribution in [0.4, 0.5) is 0 Å². The summed E-state index contributed by atoms with van der Waals surface area (Å²) in [6.45, 7) is 0. The summed E-state index contributed by atoms with van der Waals surface area (Å²) in [6.07, 6.45) is 7.60. The zero-order valence-electron chi connectivity index (χ0n) is 12.1. The average Bonchev–Trinajstić information content (AvgIpc) is 3.23. The summed E-state index contributed by atoms with van der Waals surface area (Å²) in [7, 11) is 0. The Bertz CT molecular complexity index is 807. The molecule has 2 aromatic carbocycles. The van der Waals surface area contributed by atoms with Gasteiger partial charge in [0.1, 0.15) is 0 Å². The second kappa shape index (κ2) is 5.26. The quantitative estimate of drug-likeness (QED) is 0.689. The van der Waals surface area contributed by atoms with Crippen molar-refractivity contribution in [2.75, 3.05) is 0 Å². The smallest absolute Gasteiger partial charge is 0.193 e. The number of nitrogens with zero attached hydrogens (tertiary/aromatic N) is 2. The second-order valence-corrected chi connectivity index (χ2v) is 5.63. The lowest BCUT2D eigenvalue weighted by atomic mass is 9.95. The van der Waals surface area contributed by atoms with E-state index in [2.05, 4.69) is 15.6 Å². The Morgan fingerprint density at radius 1 is 1.09 bits per heavy atom. The maximum atomic E-state index is 12.8. The molecule has 1 unspecified atom stereocenters. The highest BCUT2D eigenvalue weighted by Crippen LogP contribution is 2.36. The number of ketones is 1. The molecule has 1 aromatic heterocycles. The third kappa shape index (κ3) is 2.06. The molecule has 1 heterocycles. The lowest BCUT2D eigenvalue weighted by Crippen LogP contribution is -2.07. The molecule has 0 amide bonds. The molecule has 0 spiro atoms. The van der Waals surface area contributed by atoms with Gasteiger partial charge in [0.05, 0.1) is 12.4 Å². The van der Waals surface area contributed by atoms with E-state index in [-0.39, 0.29) is 5.78 Å². The Morgan fingerprint density at radius 3 is 2.73 bits per heavy atom. The van der Waals surface area contributed by atoms with Gasteiger partial charge >= 0.3 is 0 Å². The number of fused-ring (bicyclic) bond motifs is 1. The molecular formula is C19H16N2O. The molecule has 1 aliphatic rings. The lowest BCUT2D eigenvalue weighted by Gasteiger charge is -2.14. The molecule has 0 radical (unpaired) electrons. The highest BCUT2D eigenvalue weighted by atomic mass is 16.1. The van der Waals surface area contributed by atoms with Crippen LogP contribution in [0.15, 0.2) is 67.3 Å². The minimum Gasteiger partial charge on any atom is -0.330 e. The minimum absolute atomic E-state index is 0.115. The molecule has 1 aliphatic carbocycles. The SMILES string of the molecule is O=C(c1ccccc1)c1cccc2c1CCC2n1ccnc1. The summed E-state index contributed by atoms with van der Waals surface area (Å²) >= 11 is 0. The number of rotatable bonds is 3. The van der Waals surface area contributed by atoms with Crippen LogP contribution in [0, 0.1) is 0 Å². The van der Waals surface area contributed by atoms with Crippen molar-refractivity contribution in [3.63, 3.8) is 0 Å². The van der Waals surface area contributed by atoms with Crippen LogP contribution in [0.2, 0.25) is 0 Å². The third-order valence-corrected chi connectivity index (χ3v) is 4.40. The van der Waals surface area contributed by atoms with Gasteiger partial charge in [-0.1, -0.05) is 48.5 Å². The van der Waals surface area contributed by atoms with Crippen molar-refractivity contribution in [3.05, 3.63) is 89.5 Å². The van der Waals surface area contributed by atoms with Gasteiger partial charge in [0, 0.05) is 23.5 Å². The molecule has 108 valence electrons. The number of hydrogen-bond acceptors (Lipinski definition) is 2. The lowest BCUT2D eigenvalue weighted by molar-refractivity contribution is 0.103. The van der Waals surface area contributed by atoms with Gasteiger partial charge in [-0.25, -0.2) is 4.98 Å². The standard InChI is InChI=1S/C19H16N2O/c22-19(14-5-2-1-3-6-14)17-8-4-7-16-15(17)9-10-18(16)21-12-11-20-13-21/h1-8,11-13,18H,9-10H2. The Labute approximate surface area is 129 Å². The molecule has 0 fully saturated rings. The first kappa shape index (κ1) is 13.0. The van der Waals surface area contributed by atoms with Crippen molar-refractivity contribution < 1.29 is 4.79 Å². The summed E-state index contributed by atoms with van der Waals surface area (Å²) < 4.78 is 2.13. The highest BCUT2D eigenvalue weighted by Gasteiger charge is 2.27. The molecule has 22 heavy (non-hydrogen) atoms. The van der Waals surface area contributed by atoms with E-state index in [1.807, 2.05) is 55.0 Å². The van der Waals surface area contributed by atoms with Gasteiger partial charge in [0.2, 0.25) is 0 Å². The predicted octanol–water partition coefficient (Wildman–Crippen LogP) is 3.65. The molecule has 1 atom stereocenters. The molecule has 0 saturated carbocycles. The molecule has 0 bridgehead atoms. The maximum absolute atomic E-state index is 12.8. The molecule has 0 saturated heterocycles. The summed E-state index contributed by atoms with van der Waals surface area (Å²) in [5.74, 6) is 0.115. The largest absolute Gasteiger partial charge is 0.330 e. The van der Waals surface area contributed by atoms with Crippen LogP contribution in [0.3, 0.4) is 0 Å². The van der Waals surface area contributed by atoms with Crippen molar-refractivity contribution in [1.82, 2.24) is 9.55 Å². The van der Waals surface area contributed by atoms with Crippen LogP contribution in [0.1, 0.15) is 39.5 Å². The van der Waals surface area contributed by atoms with E-state index < -0.39 is 0 Å². The van der Waals surface area contributed by atoms with Gasteiger partial charge in [-0.15, -0.1) is 0 Å². The fourth-order valence-electron chi connectivity index (χ4n) is 3.35. The van der Waals surface area contributed by atoms with E-state index in [1.54, 1.807) is 6.20 Å². The van der Waals surface area contributed by atoms with Crippen molar-refractivity contribution >= 4 is 5.78 Å². The van der Waals surface area contributed by atoms with Gasteiger partial charge in [0.25, 0.3) is 0 Å². The van der Waals surface area contributed by atoms with Gasteiger partial charge < -0.3 is 4.57 Å². The Balaban J connectivity index is 1.77. The van der Waals surface area contributed by atoms with Crippen molar-refractivity contribution in [2.45, 2.75) is 18.9 Å². The first-order valence-corrected chi connectivity index (χ1v) is 7.53. The number of benzene rings is 2.